The largest absolute Gasteiger partial charge is 0.383 e. The normalized spacial score (nSPS) is 15.3. The van der Waals surface area contributed by atoms with Gasteiger partial charge in [-0.1, -0.05) is 55.8 Å². The molecule has 0 bridgehead atoms. The second-order valence-electron chi connectivity index (χ2n) is 8.77. The molecule has 4 rings (SSSR count). The number of benzene rings is 2. The third kappa shape index (κ3) is 4.93. The first-order valence-electron chi connectivity index (χ1n) is 11.8. The van der Waals surface area contributed by atoms with Gasteiger partial charge in [-0.15, -0.1) is 0 Å². The highest BCUT2D eigenvalue weighted by molar-refractivity contribution is 6.05. The third-order valence-corrected chi connectivity index (χ3v) is 6.29. The minimum Gasteiger partial charge on any atom is -0.383 e. The Morgan fingerprint density at radius 1 is 1.11 bits per heavy atom. The maximum atomic E-state index is 14.3. The lowest BCUT2D eigenvalue weighted by molar-refractivity contribution is -0.124. The Morgan fingerprint density at radius 3 is 2.50 bits per heavy atom. The van der Waals surface area contributed by atoms with E-state index in [1.807, 2.05) is 37.3 Å². The minimum absolute atomic E-state index is 0.0251. The van der Waals surface area contributed by atoms with Crippen LogP contribution in [0.1, 0.15) is 31.7 Å². The van der Waals surface area contributed by atoms with E-state index in [2.05, 4.69) is 4.98 Å². The van der Waals surface area contributed by atoms with Crippen molar-refractivity contribution in [1.29, 1.82) is 0 Å². The van der Waals surface area contributed by atoms with Gasteiger partial charge in [-0.25, -0.2) is 9.18 Å². The molecule has 0 saturated carbocycles. The van der Waals surface area contributed by atoms with E-state index in [1.54, 1.807) is 6.07 Å². The molecule has 0 spiro atoms. The number of carbonyl (C=O) groups is 2. The molecule has 1 aromatic heterocycles. The molecule has 9 nitrogen and oxygen atoms in total. The molecule has 2 heterocycles. The van der Waals surface area contributed by atoms with Crippen LogP contribution < -0.4 is 26.8 Å². The van der Waals surface area contributed by atoms with Crippen LogP contribution in [-0.2, 0) is 16.1 Å². The van der Waals surface area contributed by atoms with Crippen LogP contribution in [0, 0.1) is 11.7 Å². The number of aromatic amines is 1. The summed E-state index contributed by atoms with van der Waals surface area (Å²) in [4.78, 5) is 56.7. The first-order chi connectivity index (χ1) is 17.3. The van der Waals surface area contributed by atoms with Gasteiger partial charge in [-0.05, 0) is 24.1 Å². The molecule has 2 aromatic carbocycles. The molecule has 0 radical (unpaired) electrons. The van der Waals surface area contributed by atoms with Crippen LogP contribution in [-0.4, -0.2) is 34.5 Å². The van der Waals surface area contributed by atoms with Gasteiger partial charge in [0.15, 0.2) is 5.69 Å². The molecular weight excluding hydrogens is 465 g/mol. The topological polar surface area (TPSA) is 121 Å². The Morgan fingerprint density at radius 2 is 1.81 bits per heavy atom. The number of nitrogens with zero attached hydrogens (tertiary/aromatic N) is 3. The summed E-state index contributed by atoms with van der Waals surface area (Å²) in [5, 5.41) is 0. The monoisotopic (exact) mass is 493 g/mol. The van der Waals surface area contributed by atoms with Gasteiger partial charge in [0, 0.05) is 19.5 Å². The van der Waals surface area contributed by atoms with Crippen molar-refractivity contribution in [3.63, 3.8) is 0 Å². The third-order valence-electron chi connectivity index (χ3n) is 6.29. The molecule has 1 fully saturated rings. The SMILES string of the molecule is CCCCN(C(=O)C1CC(=O)N(c2ccccc2F)C1)c1c(N)n(Cc2ccccc2)c(=O)[nH]c1=O. The molecule has 0 aliphatic carbocycles. The smallest absolute Gasteiger partial charge is 0.330 e. The molecule has 1 unspecified atom stereocenters. The number of para-hydroxylation sites is 1. The van der Waals surface area contributed by atoms with E-state index in [0.29, 0.717) is 6.42 Å². The first-order valence-corrected chi connectivity index (χ1v) is 11.8. The summed E-state index contributed by atoms with van der Waals surface area (Å²) in [5.74, 6) is -2.35. The molecule has 10 heteroatoms. The van der Waals surface area contributed by atoms with Crippen molar-refractivity contribution >= 4 is 29.0 Å². The fraction of sp³-hybridized carbons (Fsp3) is 0.308. The number of nitrogens with two attached hydrogens (primary N) is 1. The number of H-pyrrole nitrogens is 1. The van der Waals surface area contributed by atoms with Crippen LogP contribution in [0.15, 0.2) is 64.2 Å². The van der Waals surface area contributed by atoms with Gasteiger partial charge in [0.2, 0.25) is 11.8 Å². The summed E-state index contributed by atoms with van der Waals surface area (Å²) < 4.78 is 15.5. The van der Waals surface area contributed by atoms with Crippen molar-refractivity contribution in [3.8, 4) is 0 Å². The molecule has 3 aromatic rings. The number of nitrogen functional groups attached to an aromatic ring is 1. The van der Waals surface area contributed by atoms with Gasteiger partial charge in [0.05, 0.1) is 18.2 Å². The molecule has 1 atom stereocenters. The van der Waals surface area contributed by atoms with Crippen molar-refractivity contribution in [2.75, 3.05) is 28.6 Å². The van der Waals surface area contributed by atoms with E-state index in [4.69, 9.17) is 5.73 Å². The Balaban J connectivity index is 1.69. The van der Waals surface area contributed by atoms with E-state index in [1.165, 1.54) is 32.6 Å². The van der Waals surface area contributed by atoms with Crippen molar-refractivity contribution in [2.24, 2.45) is 5.92 Å². The summed E-state index contributed by atoms with van der Waals surface area (Å²) in [6.45, 7) is 2.19. The van der Waals surface area contributed by atoms with E-state index in [9.17, 15) is 23.6 Å². The number of carbonyl (C=O) groups excluding carboxylic acids is 2. The average molecular weight is 494 g/mol. The van der Waals surface area contributed by atoms with Crippen LogP contribution in [0.3, 0.4) is 0 Å². The van der Waals surface area contributed by atoms with Crippen LogP contribution in [0.2, 0.25) is 0 Å². The maximum absolute atomic E-state index is 14.3. The average Bonchev–Trinajstić information content (AvgIpc) is 3.25. The standard InChI is InChI=1S/C26H28FN5O4/c1-2-3-13-30(25(35)18-14-21(33)31(16-18)20-12-8-7-11-19(20)27)22-23(28)32(26(36)29-24(22)34)15-17-9-5-4-6-10-17/h4-12,18H,2-3,13-16,28H2,1H3,(H,29,34,36). The van der Waals surface area contributed by atoms with Crippen LogP contribution in [0.4, 0.5) is 21.6 Å². The molecule has 188 valence electrons. The van der Waals surface area contributed by atoms with Gasteiger partial charge < -0.3 is 15.5 Å². The number of nitrogens with one attached hydrogen (secondary N) is 1. The quantitative estimate of drug-likeness (QED) is 0.499. The zero-order chi connectivity index (χ0) is 25.8. The van der Waals surface area contributed by atoms with E-state index >= 15 is 0 Å². The highest BCUT2D eigenvalue weighted by atomic mass is 19.1. The number of aromatic nitrogens is 2. The molecule has 2 amide bonds. The van der Waals surface area contributed by atoms with Crippen LogP contribution in [0.5, 0.6) is 0 Å². The lowest BCUT2D eigenvalue weighted by Gasteiger charge is -2.27. The van der Waals surface area contributed by atoms with Crippen molar-refractivity contribution in [1.82, 2.24) is 9.55 Å². The maximum Gasteiger partial charge on any atom is 0.330 e. The second-order valence-corrected chi connectivity index (χ2v) is 8.77. The van der Waals surface area contributed by atoms with E-state index < -0.39 is 28.9 Å². The van der Waals surface area contributed by atoms with Crippen molar-refractivity contribution in [3.05, 3.63) is 86.8 Å². The second kappa shape index (κ2) is 10.6. The van der Waals surface area contributed by atoms with Gasteiger partial charge in [0.25, 0.3) is 5.56 Å². The van der Waals surface area contributed by atoms with Gasteiger partial charge >= 0.3 is 5.69 Å². The lowest BCUT2D eigenvalue weighted by atomic mass is 10.1. The molecule has 36 heavy (non-hydrogen) atoms. The highest BCUT2D eigenvalue weighted by Gasteiger charge is 2.39. The number of hydrogen-bond donors (Lipinski definition) is 2. The van der Waals surface area contributed by atoms with Crippen molar-refractivity contribution in [2.45, 2.75) is 32.7 Å². The summed E-state index contributed by atoms with van der Waals surface area (Å²) in [5.41, 5.74) is 5.64. The predicted molar refractivity (Wildman–Crippen MR) is 135 cm³/mol. The van der Waals surface area contributed by atoms with Gasteiger partial charge in [-0.3, -0.25) is 23.9 Å². The summed E-state index contributed by atoms with van der Waals surface area (Å²) in [6.07, 6.45) is 1.17. The predicted octanol–water partition coefficient (Wildman–Crippen LogP) is 2.49. The molecule has 1 aliphatic rings. The van der Waals surface area contributed by atoms with E-state index in [-0.39, 0.29) is 49.2 Å². The molecule has 3 N–H and O–H groups in total. The zero-order valence-electron chi connectivity index (χ0n) is 19.9. The van der Waals surface area contributed by atoms with Crippen LogP contribution >= 0.6 is 0 Å². The number of amides is 2. The number of anilines is 3. The van der Waals surface area contributed by atoms with Crippen LogP contribution in [0.25, 0.3) is 0 Å². The Bertz CT molecular complexity index is 1390. The zero-order valence-corrected chi connectivity index (χ0v) is 19.9. The number of halogens is 1. The number of unbranched alkanes of at least 4 members (excludes halogenated alkanes) is 1. The summed E-state index contributed by atoms with van der Waals surface area (Å²) in [6, 6.07) is 15.0. The number of rotatable bonds is 8. The highest BCUT2D eigenvalue weighted by Crippen LogP contribution is 2.30. The molecule has 1 saturated heterocycles. The Kier molecular flexibility index (Phi) is 7.33. The molecule has 1 aliphatic heterocycles. The fourth-order valence-corrected chi connectivity index (χ4v) is 4.41. The van der Waals surface area contributed by atoms with Gasteiger partial charge in [0.1, 0.15) is 11.6 Å². The number of hydrogen-bond acceptors (Lipinski definition) is 5. The lowest BCUT2D eigenvalue weighted by Crippen LogP contribution is -2.44. The fourth-order valence-electron chi connectivity index (χ4n) is 4.41. The Hall–Kier alpha value is -4.21. The summed E-state index contributed by atoms with van der Waals surface area (Å²) in [7, 11) is 0. The minimum atomic E-state index is -0.803. The van der Waals surface area contributed by atoms with E-state index in [0.717, 1.165) is 12.0 Å². The summed E-state index contributed by atoms with van der Waals surface area (Å²) >= 11 is 0. The first kappa shape index (κ1) is 24.9. The van der Waals surface area contributed by atoms with Crippen molar-refractivity contribution < 1.29 is 14.0 Å². The Labute approximate surface area is 207 Å². The molecular formula is C26H28FN5O4. The van der Waals surface area contributed by atoms with Gasteiger partial charge in [-0.2, -0.15) is 0 Å².